The van der Waals surface area contributed by atoms with Crippen LogP contribution in [0.15, 0.2) is 42.5 Å². The van der Waals surface area contributed by atoms with Gasteiger partial charge in [0.15, 0.2) is 5.78 Å². The highest BCUT2D eigenvalue weighted by atomic mass is 35.5. The molecular formula is C19H16ClNO4. The zero-order chi connectivity index (χ0) is 18.0. The lowest BCUT2D eigenvalue weighted by Gasteiger charge is -2.08. The van der Waals surface area contributed by atoms with Gasteiger partial charge in [-0.05, 0) is 18.2 Å². The number of rotatable bonds is 6. The quantitative estimate of drug-likeness (QED) is 0.657. The van der Waals surface area contributed by atoms with E-state index in [1.54, 1.807) is 36.4 Å². The van der Waals surface area contributed by atoms with Gasteiger partial charge in [-0.3, -0.25) is 9.59 Å². The Morgan fingerprint density at radius 1 is 1.12 bits per heavy atom. The number of carbonyl (C=O) groups excluding carboxylic acids is 1. The van der Waals surface area contributed by atoms with Crippen LogP contribution in [0.25, 0.3) is 10.9 Å². The summed E-state index contributed by atoms with van der Waals surface area (Å²) in [5.74, 6) is -1.17. The van der Waals surface area contributed by atoms with E-state index >= 15 is 0 Å². The van der Waals surface area contributed by atoms with E-state index in [-0.39, 0.29) is 18.8 Å². The van der Waals surface area contributed by atoms with E-state index in [2.05, 4.69) is 4.98 Å². The van der Waals surface area contributed by atoms with Crippen molar-refractivity contribution in [2.45, 2.75) is 13.0 Å². The van der Waals surface area contributed by atoms with E-state index in [0.717, 1.165) is 0 Å². The summed E-state index contributed by atoms with van der Waals surface area (Å²) in [7, 11) is 1.53. The van der Waals surface area contributed by atoms with Gasteiger partial charge in [-0.15, -0.1) is 0 Å². The summed E-state index contributed by atoms with van der Waals surface area (Å²) < 4.78 is 5.23. The Balaban J connectivity index is 2.22. The minimum atomic E-state index is -0.956. The maximum atomic E-state index is 13.0. The van der Waals surface area contributed by atoms with Crippen LogP contribution in [0.4, 0.5) is 0 Å². The van der Waals surface area contributed by atoms with E-state index < -0.39 is 5.97 Å². The van der Waals surface area contributed by atoms with Crippen molar-refractivity contribution >= 4 is 34.3 Å². The normalized spacial score (nSPS) is 11.0. The molecule has 0 aliphatic heterocycles. The molecule has 0 saturated carbocycles. The van der Waals surface area contributed by atoms with Crippen LogP contribution >= 0.6 is 11.6 Å². The van der Waals surface area contributed by atoms with E-state index in [1.807, 2.05) is 6.07 Å². The molecule has 2 aromatic carbocycles. The van der Waals surface area contributed by atoms with E-state index in [9.17, 15) is 9.59 Å². The van der Waals surface area contributed by atoms with Gasteiger partial charge in [0.25, 0.3) is 0 Å². The molecule has 3 rings (SSSR count). The van der Waals surface area contributed by atoms with Crippen LogP contribution in [-0.4, -0.2) is 29.0 Å². The van der Waals surface area contributed by atoms with Crippen molar-refractivity contribution in [1.29, 1.82) is 0 Å². The van der Waals surface area contributed by atoms with Crippen molar-refractivity contribution in [2.24, 2.45) is 0 Å². The van der Waals surface area contributed by atoms with Crippen molar-refractivity contribution in [3.05, 3.63) is 69.9 Å². The van der Waals surface area contributed by atoms with Gasteiger partial charge in [-0.1, -0.05) is 35.9 Å². The summed E-state index contributed by atoms with van der Waals surface area (Å²) in [6, 6.07) is 12.1. The lowest BCUT2D eigenvalue weighted by Crippen LogP contribution is -2.05. The predicted molar refractivity (Wildman–Crippen MR) is 95.2 cm³/mol. The Hall–Kier alpha value is -2.63. The number of carbonyl (C=O) groups is 2. The summed E-state index contributed by atoms with van der Waals surface area (Å²) >= 11 is 6.16. The van der Waals surface area contributed by atoms with Crippen molar-refractivity contribution in [3.63, 3.8) is 0 Å². The van der Waals surface area contributed by atoms with Gasteiger partial charge >= 0.3 is 5.97 Å². The Morgan fingerprint density at radius 3 is 2.52 bits per heavy atom. The topological polar surface area (TPSA) is 79.4 Å². The molecule has 0 aliphatic carbocycles. The molecule has 6 heteroatoms. The van der Waals surface area contributed by atoms with Crippen molar-refractivity contribution < 1.29 is 19.4 Å². The molecule has 0 fully saturated rings. The monoisotopic (exact) mass is 357 g/mol. The Labute approximate surface area is 149 Å². The first-order valence-electron chi connectivity index (χ1n) is 7.65. The molecule has 1 heterocycles. The molecule has 0 saturated heterocycles. The summed E-state index contributed by atoms with van der Waals surface area (Å²) in [5, 5.41) is 10.2. The standard InChI is InChI=1S/C19H16ClNO4/c1-25-10-13-16(9-17(22)23)21-15-8-4-6-12(18(13)15)19(24)11-5-2-3-7-14(11)20/h2-8,21H,9-10H2,1H3,(H,22,23). The third-order valence-electron chi connectivity index (χ3n) is 4.00. The molecule has 0 amide bonds. The molecule has 0 spiro atoms. The summed E-state index contributed by atoms with van der Waals surface area (Å²) in [6.45, 7) is 0.204. The van der Waals surface area contributed by atoms with Gasteiger partial charge in [0.2, 0.25) is 0 Å². The summed E-state index contributed by atoms with van der Waals surface area (Å²) in [5.41, 5.74) is 2.77. The Kier molecular flexibility index (Phi) is 4.88. The molecule has 0 atom stereocenters. The number of ether oxygens (including phenoxy) is 1. The highest BCUT2D eigenvalue weighted by Gasteiger charge is 2.21. The first kappa shape index (κ1) is 17.2. The lowest BCUT2D eigenvalue weighted by atomic mass is 9.97. The lowest BCUT2D eigenvalue weighted by molar-refractivity contribution is -0.136. The van der Waals surface area contributed by atoms with E-state index in [0.29, 0.717) is 38.3 Å². The molecule has 0 bridgehead atoms. The Bertz CT molecular complexity index is 961. The number of aromatic nitrogens is 1. The van der Waals surface area contributed by atoms with Gasteiger partial charge in [0.05, 0.1) is 18.1 Å². The van der Waals surface area contributed by atoms with Gasteiger partial charge < -0.3 is 14.8 Å². The van der Waals surface area contributed by atoms with Crippen molar-refractivity contribution in [3.8, 4) is 0 Å². The van der Waals surface area contributed by atoms with Gasteiger partial charge in [0.1, 0.15) is 0 Å². The molecular weight excluding hydrogens is 342 g/mol. The fraction of sp³-hybridized carbons (Fsp3) is 0.158. The molecule has 0 aliphatic rings. The SMILES string of the molecule is COCc1c(CC(=O)O)[nH]c2cccc(C(=O)c3ccccc3Cl)c12. The minimum Gasteiger partial charge on any atom is -0.481 e. The second-order valence-corrected chi connectivity index (χ2v) is 6.03. The number of halogens is 1. The maximum absolute atomic E-state index is 13.0. The number of hydrogen-bond acceptors (Lipinski definition) is 3. The highest BCUT2D eigenvalue weighted by molar-refractivity contribution is 6.35. The third-order valence-corrected chi connectivity index (χ3v) is 4.33. The number of ketones is 1. The molecule has 128 valence electrons. The largest absolute Gasteiger partial charge is 0.481 e. The van der Waals surface area contributed by atoms with Crippen LogP contribution in [0.5, 0.6) is 0 Å². The number of carboxylic acid groups (broad SMARTS) is 1. The molecule has 5 nitrogen and oxygen atoms in total. The zero-order valence-electron chi connectivity index (χ0n) is 13.5. The predicted octanol–water partition coefficient (Wildman–Crippen LogP) is 3.83. The van der Waals surface area contributed by atoms with Gasteiger partial charge in [-0.25, -0.2) is 0 Å². The number of benzene rings is 2. The van der Waals surface area contributed by atoms with Crippen LogP contribution < -0.4 is 0 Å². The molecule has 0 radical (unpaired) electrons. The molecule has 0 unspecified atom stereocenters. The average molecular weight is 358 g/mol. The fourth-order valence-electron chi connectivity index (χ4n) is 2.96. The Morgan fingerprint density at radius 2 is 1.84 bits per heavy atom. The van der Waals surface area contributed by atoms with Crippen molar-refractivity contribution in [2.75, 3.05) is 7.11 Å². The van der Waals surface area contributed by atoms with Crippen LogP contribution in [0, 0.1) is 0 Å². The number of aromatic amines is 1. The van der Waals surface area contributed by atoms with Gasteiger partial charge in [-0.2, -0.15) is 0 Å². The zero-order valence-corrected chi connectivity index (χ0v) is 14.3. The van der Waals surface area contributed by atoms with E-state index in [4.69, 9.17) is 21.4 Å². The molecule has 1 aromatic heterocycles. The summed E-state index contributed by atoms with van der Waals surface area (Å²) in [6.07, 6.45) is -0.174. The highest BCUT2D eigenvalue weighted by Crippen LogP contribution is 2.30. The first-order chi connectivity index (χ1) is 12.0. The third kappa shape index (κ3) is 3.29. The second-order valence-electron chi connectivity index (χ2n) is 5.62. The van der Waals surface area contributed by atoms with Crippen LogP contribution in [0.2, 0.25) is 5.02 Å². The number of carboxylic acids is 1. The number of H-pyrrole nitrogens is 1. The van der Waals surface area contributed by atoms with Crippen molar-refractivity contribution in [1.82, 2.24) is 4.98 Å². The molecule has 2 N–H and O–H groups in total. The number of hydrogen-bond donors (Lipinski definition) is 2. The fourth-order valence-corrected chi connectivity index (χ4v) is 3.18. The van der Waals surface area contributed by atoms with E-state index in [1.165, 1.54) is 7.11 Å². The average Bonchev–Trinajstić information content (AvgIpc) is 2.92. The van der Waals surface area contributed by atoms with Crippen LogP contribution in [-0.2, 0) is 22.6 Å². The second kappa shape index (κ2) is 7.09. The molecule has 25 heavy (non-hydrogen) atoms. The smallest absolute Gasteiger partial charge is 0.309 e. The van der Waals surface area contributed by atoms with Gasteiger partial charge in [0, 0.05) is 40.4 Å². The number of nitrogens with one attached hydrogen (secondary N) is 1. The maximum Gasteiger partial charge on any atom is 0.309 e. The number of methoxy groups -OCH3 is 1. The minimum absolute atomic E-state index is 0.174. The number of fused-ring (bicyclic) bond motifs is 1. The molecule has 3 aromatic rings. The summed E-state index contributed by atoms with van der Waals surface area (Å²) in [4.78, 5) is 27.3. The first-order valence-corrected chi connectivity index (χ1v) is 8.03. The van der Waals surface area contributed by atoms with Crippen LogP contribution in [0.1, 0.15) is 27.2 Å². The number of aliphatic carboxylic acids is 1. The van der Waals surface area contributed by atoms with Crippen LogP contribution in [0.3, 0.4) is 0 Å².